The highest BCUT2D eigenvalue weighted by atomic mass is 16.3. The van der Waals surface area contributed by atoms with Crippen LogP contribution >= 0.6 is 0 Å². The average Bonchev–Trinajstić information content (AvgIpc) is 2.50. The van der Waals surface area contributed by atoms with Crippen LogP contribution in [0.25, 0.3) is 0 Å². The molecule has 0 atom stereocenters. The van der Waals surface area contributed by atoms with Crippen molar-refractivity contribution in [2.75, 3.05) is 19.7 Å². The number of phenolic OH excluding ortho intramolecular Hbond substituents is 1. The fourth-order valence-corrected chi connectivity index (χ4v) is 2.43. The molecule has 21 heavy (non-hydrogen) atoms. The van der Waals surface area contributed by atoms with Gasteiger partial charge < -0.3 is 10.2 Å². The van der Waals surface area contributed by atoms with Crippen molar-refractivity contribution in [1.82, 2.24) is 4.90 Å². The maximum absolute atomic E-state index is 9.95. The number of aliphatic hydroxyl groups is 1. The fraction of sp³-hybridized carbons (Fsp3) is 0.333. The summed E-state index contributed by atoms with van der Waals surface area (Å²) in [4.78, 5) is 2.17. The molecule has 0 fully saturated rings. The molecule has 0 bridgehead atoms. The lowest BCUT2D eigenvalue weighted by atomic mass is 10.1. The highest BCUT2D eigenvalue weighted by molar-refractivity contribution is 5.35. The second-order valence-corrected chi connectivity index (χ2v) is 5.37. The first-order valence-electron chi connectivity index (χ1n) is 7.34. The maximum atomic E-state index is 9.95. The van der Waals surface area contributed by atoms with Crippen LogP contribution in [0.15, 0.2) is 48.5 Å². The standard InChI is InChI=1S/C18H23NO2/c1-15-7-8-18(21)17(13-15)14-19(11-12-20)10-9-16-5-3-2-4-6-16/h2-8,13,20-21H,9-12,14H2,1H3. The van der Waals surface area contributed by atoms with Gasteiger partial charge in [-0.05, 0) is 25.0 Å². The smallest absolute Gasteiger partial charge is 0.120 e. The van der Waals surface area contributed by atoms with E-state index in [1.54, 1.807) is 6.07 Å². The van der Waals surface area contributed by atoms with E-state index in [0.717, 1.165) is 24.1 Å². The Morgan fingerprint density at radius 2 is 1.76 bits per heavy atom. The summed E-state index contributed by atoms with van der Waals surface area (Å²) >= 11 is 0. The summed E-state index contributed by atoms with van der Waals surface area (Å²) in [5.74, 6) is 0.322. The van der Waals surface area contributed by atoms with Crippen LogP contribution in [0.3, 0.4) is 0 Å². The van der Waals surface area contributed by atoms with Gasteiger partial charge in [-0.15, -0.1) is 0 Å². The van der Waals surface area contributed by atoms with Crippen molar-refractivity contribution in [3.63, 3.8) is 0 Å². The van der Waals surface area contributed by atoms with Gasteiger partial charge in [-0.3, -0.25) is 4.90 Å². The lowest BCUT2D eigenvalue weighted by Crippen LogP contribution is -2.28. The van der Waals surface area contributed by atoms with Crippen LogP contribution in [-0.4, -0.2) is 34.8 Å². The van der Waals surface area contributed by atoms with Gasteiger partial charge in [0.25, 0.3) is 0 Å². The number of aryl methyl sites for hydroxylation is 1. The zero-order valence-corrected chi connectivity index (χ0v) is 12.5. The van der Waals surface area contributed by atoms with Gasteiger partial charge in [0, 0.05) is 25.2 Å². The number of benzene rings is 2. The van der Waals surface area contributed by atoms with E-state index >= 15 is 0 Å². The lowest BCUT2D eigenvalue weighted by Gasteiger charge is -2.22. The molecule has 3 heteroatoms. The number of rotatable bonds is 7. The van der Waals surface area contributed by atoms with E-state index in [4.69, 9.17) is 0 Å². The molecule has 0 aliphatic carbocycles. The summed E-state index contributed by atoms with van der Waals surface area (Å²) in [6.07, 6.45) is 0.938. The predicted molar refractivity (Wildman–Crippen MR) is 85.4 cm³/mol. The van der Waals surface area contributed by atoms with E-state index in [-0.39, 0.29) is 6.61 Å². The van der Waals surface area contributed by atoms with Crippen LogP contribution in [0.4, 0.5) is 0 Å². The van der Waals surface area contributed by atoms with Gasteiger partial charge >= 0.3 is 0 Å². The first-order valence-corrected chi connectivity index (χ1v) is 7.34. The molecular weight excluding hydrogens is 262 g/mol. The minimum Gasteiger partial charge on any atom is -0.508 e. The Kier molecular flexibility index (Phi) is 5.78. The molecule has 0 spiro atoms. The van der Waals surface area contributed by atoms with Crippen LogP contribution in [0.5, 0.6) is 5.75 Å². The Morgan fingerprint density at radius 3 is 2.48 bits per heavy atom. The summed E-state index contributed by atoms with van der Waals surface area (Å²) in [5.41, 5.74) is 3.33. The molecule has 0 saturated carbocycles. The van der Waals surface area contributed by atoms with Crippen molar-refractivity contribution in [3.05, 3.63) is 65.2 Å². The number of aromatic hydroxyl groups is 1. The Morgan fingerprint density at radius 1 is 1.00 bits per heavy atom. The molecule has 0 amide bonds. The third kappa shape index (κ3) is 4.88. The third-order valence-corrected chi connectivity index (χ3v) is 3.60. The van der Waals surface area contributed by atoms with E-state index in [0.29, 0.717) is 18.8 Å². The van der Waals surface area contributed by atoms with Crippen LogP contribution in [0, 0.1) is 6.92 Å². The minimum atomic E-state index is 0.126. The predicted octanol–water partition coefficient (Wildman–Crippen LogP) is 2.74. The van der Waals surface area contributed by atoms with Crippen molar-refractivity contribution in [1.29, 1.82) is 0 Å². The van der Waals surface area contributed by atoms with Crippen LogP contribution in [-0.2, 0) is 13.0 Å². The van der Waals surface area contributed by atoms with E-state index in [2.05, 4.69) is 17.0 Å². The zero-order chi connectivity index (χ0) is 15.1. The maximum Gasteiger partial charge on any atom is 0.120 e. The molecule has 0 aromatic heterocycles. The lowest BCUT2D eigenvalue weighted by molar-refractivity contribution is 0.190. The van der Waals surface area contributed by atoms with Gasteiger partial charge in [0.1, 0.15) is 5.75 Å². The van der Waals surface area contributed by atoms with E-state index in [1.165, 1.54) is 5.56 Å². The molecule has 0 saturated heterocycles. The van der Waals surface area contributed by atoms with Gasteiger partial charge in [0.05, 0.1) is 6.61 Å². The average molecular weight is 285 g/mol. The number of nitrogens with zero attached hydrogens (tertiary/aromatic N) is 1. The molecular formula is C18H23NO2. The summed E-state index contributed by atoms with van der Waals surface area (Å²) in [6, 6.07) is 16.0. The Labute approximate surface area is 126 Å². The van der Waals surface area contributed by atoms with Crippen molar-refractivity contribution >= 4 is 0 Å². The number of hydrogen-bond acceptors (Lipinski definition) is 3. The van der Waals surface area contributed by atoms with E-state index < -0.39 is 0 Å². The monoisotopic (exact) mass is 285 g/mol. The first kappa shape index (κ1) is 15.5. The molecule has 0 radical (unpaired) electrons. The van der Waals surface area contributed by atoms with Crippen LogP contribution < -0.4 is 0 Å². The molecule has 0 aliphatic heterocycles. The van der Waals surface area contributed by atoms with E-state index in [9.17, 15) is 10.2 Å². The fourth-order valence-electron chi connectivity index (χ4n) is 2.43. The summed E-state index contributed by atoms with van der Waals surface area (Å²) in [7, 11) is 0. The second kappa shape index (κ2) is 7.81. The number of phenols is 1. The zero-order valence-electron chi connectivity index (χ0n) is 12.5. The van der Waals surface area contributed by atoms with Crippen molar-refractivity contribution in [3.8, 4) is 5.75 Å². The topological polar surface area (TPSA) is 43.7 Å². The minimum absolute atomic E-state index is 0.126. The number of hydrogen-bond donors (Lipinski definition) is 2. The van der Waals surface area contributed by atoms with Crippen LogP contribution in [0.1, 0.15) is 16.7 Å². The molecule has 3 nitrogen and oxygen atoms in total. The van der Waals surface area contributed by atoms with Gasteiger partial charge in [0.15, 0.2) is 0 Å². The molecule has 112 valence electrons. The molecule has 0 heterocycles. The number of aliphatic hydroxyl groups excluding tert-OH is 1. The first-order chi connectivity index (χ1) is 10.2. The highest BCUT2D eigenvalue weighted by Crippen LogP contribution is 2.20. The normalized spacial score (nSPS) is 11.0. The molecule has 2 aromatic rings. The third-order valence-electron chi connectivity index (χ3n) is 3.60. The second-order valence-electron chi connectivity index (χ2n) is 5.37. The van der Waals surface area contributed by atoms with Crippen molar-refractivity contribution < 1.29 is 10.2 Å². The van der Waals surface area contributed by atoms with Gasteiger partial charge in [-0.25, -0.2) is 0 Å². The summed E-state index contributed by atoms with van der Waals surface area (Å²) < 4.78 is 0. The van der Waals surface area contributed by atoms with Gasteiger partial charge in [-0.2, -0.15) is 0 Å². The van der Waals surface area contributed by atoms with Gasteiger partial charge in [0.2, 0.25) is 0 Å². The van der Waals surface area contributed by atoms with Crippen molar-refractivity contribution in [2.24, 2.45) is 0 Å². The van der Waals surface area contributed by atoms with Crippen LogP contribution in [0.2, 0.25) is 0 Å². The Bertz CT molecular complexity index is 554. The molecule has 0 aliphatic rings. The molecule has 0 unspecified atom stereocenters. The largest absolute Gasteiger partial charge is 0.508 e. The highest BCUT2D eigenvalue weighted by Gasteiger charge is 2.09. The van der Waals surface area contributed by atoms with Gasteiger partial charge in [-0.1, -0.05) is 48.0 Å². The Balaban J connectivity index is 2.00. The molecule has 2 aromatic carbocycles. The quantitative estimate of drug-likeness (QED) is 0.822. The van der Waals surface area contributed by atoms with Crippen molar-refractivity contribution in [2.45, 2.75) is 19.9 Å². The van der Waals surface area contributed by atoms with E-state index in [1.807, 2.05) is 37.3 Å². The summed E-state index contributed by atoms with van der Waals surface area (Å²) in [6.45, 7) is 4.27. The summed E-state index contributed by atoms with van der Waals surface area (Å²) in [5, 5.41) is 19.2. The SMILES string of the molecule is Cc1ccc(O)c(CN(CCO)CCc2ccccc2)c1. The Hall–Kier alpha value is -1.84. The molecule has 2 rings (SSSR count). The molecule has 2 N–H and O–H groups in total.